The van der Waals surface area contributed by atoms with Crippen molar-refractivity contribution in [2.45, 2.75) is 77.7 Å². The van der Waals surface area contributed by atoms with Crippen molar-refractivity contribution in [3.63, 3.8) is 0 Å². The highest BCUT2D eigenvalue weighted by atomic mass is 16.3. The van der Waals surface area contributed by atoms with Crippen LogP contribution in [-0.4, -0.2) is 58.8 Å². The third kappa shape index (κ3) is 8.63. The van der Waals surface area contributed by atoms with Gasteiger partial charge in [-0.2, -0.15) is 20.7 Å². The molecule has 0 unspecified atom stereocenters. The van der Waals surface area contributed by atoms with Gasteiger partial charge in [0.05, 0.1) is 47.3 Å². The summed E-state index contributed by atoms with van der Waals surface area (Å²) in [6.07, 6.45) is 18.1. The molecule has 0 fully saturated rings. The van der Waals surface area contributed by atoms with Crippen molar-refractivity contribution < 1.29 is 10.2 Å². The smallest absolute Gasteiger partial charge is 0.174 e. The maximum atomic E-state index is 11.5. The first-order valence-electron chi connectivity index (χ1n) is 21.9. The summed E-state index contributed by atoms with van der Waals surface area (Å²) in [6, 6.07) is 30.8. The lowest BCUT2D eigenvalue weighted by atomic mass is 9.86. The molecule has 8 aromatic rings. The van der Waals surface area contributed by atoms with Gasteiger partial charge in [0.15, 0.2) is 23.3 Å². The summed E-state index contributed by atoms with van der Waals surface area (Å²) in [4.78, 5) is 17.9. The summed E-state index contributed by atoms with van der Waals surface area (Å²) < 4.78 is 7.62. The Bertz CT molecular complexity index is 2990. The number of rotatable bonds is 8. The average Bonchev–Trinajstić information content (AvgIpc) is 4.16. The molecule has 0 spiro atoms. The number of imidazole rings is 2. The summed E-state index contributed by atoms with van der Waals surface area (Å²) in [7, 11) is 0. The van der Waals surface area contributed by atoms with Gasteiger partial charge >= 0.3 is 0 Å². The topological polar surface area (TPSA) is 185 Å². The Kier molecular flexibility index (Phi) is 11.7. The van der Waals surface area contributed by atoms with E-state index >= 15 is 0 Å². The third-order valence-corrected chi connectivity index (χ3v) is 12.2. The van der Waals surface area contributed by atoms with E-state index in [1.54, 1.807) is 57.9 Å². The molecule has 4 aromatic carbocycles. The number of hydrogen-bond donors (Lipinski definition) is 2. The molecule has 2 atom stereocenters. The van der Waals surface area contributed by atoms with Gasteiger partial charge in [0.1, 0.15) is 11.2 Å². The number of aliphatic hydroxyl groups is 2. The first kappa shape index (κ1) is 43.2. The van der Waals surface area contributed by atoms with Crippen molar-refractivity contribution >= 4 is 24.3 Å². The van der Waals surface area contributed by atoms with E-state index in [0.29, 0.717) is 60.4 Å². The highest BCUT2D eigenvalue weighted by Gasteiger charge is 2.40. The van der Waals surface area contributed by atoms with E-state index < -0.39 is 11.2 Å². The van der Waals surface area contributed by atoms with E-state index in [-0.39, 0.29) is 0 Å². The van der Waals surface area contributed by atoms with Crippen LogP contribution in [0.15, 0.2) is 110 Å². The molecule has 6 heterocycles. The minimum Gasteiger partial charge on any atom is -0.377 e. The van der Waals surface area contributed by atoms with Gasteiger partial charge in [0, 0.05) is 36.9 Å². The van der Waals surface area contributed by atoms with Crippen LogP contribution in [0.4, 0.5) is 0 Å². The van der Waals surface area contributed by atoms with Gasteiger partial charge in [0.25, 0.3) is 0 Å². The average molecular weight is 873 g/mol. The molecule has 14 heteroatoms. The first-order chi connectivity index (χ1) is 31.9. The third-order valence-electron chi connectivity index (χ3n) is 12.2. The maximum absolute atomic E-state index is 11.5. The molecular formula is C52H48N12O2. The van der Waals surface area contributed by atoms with Gasteiger partial charge in [0.2, 0.25) is 0 Å². The number of fused-ring (bicyclic) bond motifs is 2. The molecule has 14 nitrogen and oxygen atoms in total. The summed E-state index contributed by atoms with van der Waals surface area (Å²) >= 11 is 0. The molecule has 328 valence electrons. The van der Waals surface area contributed by atoms with Crippen LogP contribution in [-0.2, 0) is 24.3 Å². The van der Waals surface area contributed by atoms with Crippen LogP contribution >= 0.6 is 0 Å². The lowest BCUT2D eigenvalue weighted by molar-refractivity contribution is 0.0392. The highest BCUT2D eigenvalue weighted by molar-refractivity contribution is 5.69. The van der Waals surface area contributed by atoms with Gasteiger partial charge < -0.3 is 19.3 Å². The minimum absolute atomic E-state index is 0.542. The number of nitriles is 2. The molecule has 0 saturated heterocycles. The van der Waals surface area contributed by atoms with Gasteiger partial charge in [-0.25, -0.2) is 29.3 Å². The van der Waals surface area contributed by atoms with Crippen LogP contribution in [0.1, 0.15) is 105 Å². The molecule has 2 N–H and O–H groups in total. The second-order valence-electron chi connectivity index (χ2n) is 16.9. The summed E-state index contributed by atoms with van der Waals surface area (Å²) in [6.45, 7) is 9.53. The van der Waals surface area contributed by atoms with Crippen LogP contribution in [0.2, 0.25) is 0 Å². The van der Waals surface area contributed by atoms with Gasteiger partial charge in [-0.15, -0.1) is 0 Å². The SMILES string of the molecule is Cc1cn(-c2ccc(/C=C/c3nc4n(n3)CCC[C@@]4(O)c3ccc(C#N)cc3)cc2C)cn1.Cc1cn(-c2ccc(/C=C/c3nc4n(n3)CCC[C@]4(O)c3ccc(C#N)cc3)cc2C)cn1. The van der Waals surface area contributed by atoms with Crippen LogP contribution in [0.5, 0.6) is 0 Å². The van der Waals surface area contributed by atoms with Crippen molar-refractivity contribution in [3.05, 3.63) is 189 Å². The van der Waals surface area contributed by atoms with E-state index in [1.165, 1.54) is 0 Å². The fourth-order valence-electron chi connectivity index (χ4n) is 8.76. The van der Waals surface area contributed by atoms with Crippen molar-refractivity contribution in [1.82, 2.24) is 48.6 Å². The van der Waals surface area contributed by atoms with E-state index in [1.807, 2.05) is 72.3 Å². The normalized spacial score (nSPS) is 17.8. The molecule has 0 saturated carbocycles. The van der Waals surface area contributed by atoms with Crippen molar-refractivity contribution in [2.75, 3.05) is 0 Å². The zero-order valence-corrected chi connectivity index (χ0v) is 37.2. The fraction of sp³-hybridized carbons (Fsp3) is 0.231. The lowest BCUT2D eigenvalue weighted by Crippen LogP contribution is -2.35. The van der Waals surface area contributed by atoms with Gasteiger partial charge in [-0.1, -0.05) is 48.6 Å². The molecule has 66 heavy (non-hydrogen) atoms. The number of benzene rings is 4. The second kappa shape index (κ2) is 17.9. The predicted molar refractivity (Wildman–Crippen MR) is 251 cm³/mol. The monoisotopic (exact) mass is 872 g/mol. The van der Waals surface area contributed by atoms with Crippen molar-refractivity contribution in [1.29, 1.82) is 10.5 Å². The number of hydrogen-bond acceptors (Lipinski definition) is 10. The predicted octanol–water partition coefficient (Wildman–Crippen LogP) is 8.30. The summed E-state index contributed by atoms with van der Waals surface area (Å²) in [5.41, 5.74) is 8.67. The Hall–Kier alpha value is -8.04. The van der Waals surface area contributed by atoms with Crippen molar-refractivity contribution in [2.24, 2.45) is 0 Å². The lowest BCUT2D eigenvalue weighted by Gasteiger charge is -2.31. The molecule has 0 radical (unpaired) electrons. The fourth-order valence-corrected chi connectivity index (χ4v) is 8.76. The Morgan fingerprint density at radius 2 is 0.970 bits per heavy atom. The Morgan fingerprint density at radius 3 is 1.32 bits per heavy atom. The quantitative estimate of drug-likeness (QED) is 0.151. The summed E-state index contributed by atoms with van der Waals surface area (Å²) in [5.74, 6) is 2.21. The molecular weight excluding hydrogens is 825 g/mol. The number of nitrogens with zero attached hydrogens (tertiary/aromatic N) is 12. The van der Waals surface area contributed by atoms with Crippen LogP contribution in [0, 0.1) is 50.4 Å². The van der Waals surface area contributed by atoms with E-state index in [9.17, 15) is 10.2 Å². The number of aryl methyl sites for hydroxylation is 6. The van der Waals surface area contributed by atoms with E-state index in [4.69, 9.17) is 10.5 Å². The molecule has 10 rings (SSSR count). The van der Waals surface area contributed by atoms with Crippen LogP contribution < -0.4 is 0 Å². The standard InChI is InChI=1S/2C26H24N6O/c2*1-18-14-20(6-10-23(18)31-16-19(2)28-17-31)7-11-24-29-25-26(33,12-3-13-32(25)30-24)22-8-4-21(15-27)5-9-22/h2*4-11,14,16-17,33H,3,12-13H2,1-2H3/b2*11-7+/t2*26-/m10/s1. The zero-order chi connectivity index (χ0) is 46.0. The molecule has 0 amide bonds. The van der Waals surface area contributed by atoms with Crippen molar-refractivity contribution in [3.8, 4) is 23.5 Å². The summed E-state index contributed by atoms with van der Waals surface area (Å²) in [5, 5.41) is 50.3. The molecule has 2 aliphatic rings. The largest absolute Gasteiger partial charge is 0.377 e. The van der Waals surface area contributed by atoms with Crippen LogP contribution in [0.25, 0.3) is 35.7 Å². The van der Waals surface area contributed by atoms with E-state index in [2.05, 4.69) is 92.5 Å². The number of aromatic nitrogens is 10. The Labute approximate surface area is 382 Å². The molecule has 4 aromatic heterocycles. The van der Waals surface area contributed by atoms with Gasteiger partial charge in [-0.3, -0.25) is 0 Å². The molecule has 0 aliphatic carbocycles. The zero-order valence-electron chi connectivity index (χ0n) is 37.2. The van der Waals surface area contributed by atoms with Gasteiger partial charge in [-0.05, 0) is 147 Å². The van der Waals surface area contributed by atoms with E-state index in [0.717, 1.165) is 69.0 Å². The minimum atomic E-state index is -1.22. The Morgan fingerprint density at radius 1 is 0.561 bits per heavy atom. The maximum Gasteiger partial charge on any atom is 0.174 e. The Balaban J connectivity index is 0.000000166. The van der Waals surface area contributed by atoms with Crippen LogP contribution in [0.3, 0.4) is 0 Å². The molecule has 0 bridgehead atoms. The highest BCUT2D eigenvalue weighted by Crippen LogP contribution is 2.38. The molecule has 2 aliphatic heterocycles. The first-order valence-corrected chi connectivity index (χ1v) is 21.9. The second-order valence-corrected chi connectivity index (χ2v) is 16.9.